The van der Waals surface area contributed by atoms with Crippen molar-refractivity contribution < 1.29 is 4.79 Å². The Balaban J connectivity index is 2.05. The summed E-state index contributed by atoms with van der Waals surface area (Å²) in [6.45, 7) is 1.84. The third kappa shape index (κ3) is 3.39. The van der Waals surface area contributed by atoms with E-state index in [2.05, 4.69) is 10.4 Å². The summed E-state index contributed by atoms with van der Waals surface area (Å²) in [5, 5.41) is 7.70. The third-order valence-corrected chi connectivity index (χ3v) is 3.14. The van der Waals surface area contributed by atoms with Gasteiger partial charge in [-0.3, -0.25) is 9.48 Å². The predicted molar refractivity (Wildman–Crippen MR) is 76.5 cm³/mol. The second-order valence-electron chi connectivity index (χ2n) is 4.05. The number of hydrogen-bond acceptors (Lipinski definition) is 3. The summed E-state index contributed by atoms with van der Waals surface area (Å²) in [6, 6.07) is 4.89. The van der Waals surface area contributed by atoms with Crippen LogP contribution in [0.5, 0.6) is 0 Å². The standard InChI is InChI=1S/C12H12Cl2N4O/c1-7-10(14)5-18(17-7)6-12(19)16-11-3-2-8(15)4-9(11)13/h2-5H,6,15H2,1H3,(H,16,19). The number of carbonyl (C=O) groups excluding carboxylic acids is 1. The molecule has 0 saturated carbocycles. The summed E-state index contributed by atoms with van der Waals surface area (Å²) < 4.78 is 1.47. The van der Waals surface area contributed by atoms with Gasteiger partial charge in [0.15, 0.2) is 0 Å². The predicted octanol–water partition coefficient (Wildman–Crippen LogP) is 2.72. The van der Waals surface area contributed by atoms with Crippen molar-refractivity contribution in [1.29, 1.82) is 0 Å². The van der Waals surface area contributed by atoms with Gasteiger partial charge in [-0.15, -0.1) is 0 Å². The molecule has 0 unspecified atom stereocenters. The number of rotatable bonds is 3. The number of amides is 1. The van der Waals surface area contributed by atoms with Crippen molar-refractivity contribution in [2.45, 2.75) is 13.5 Å². The molecule has 0 fully saturated rings. The quantitative estimate of drug-likeness (QED) is 0.856. The molecule has 0 aliphatic heterocycles. The Kier molecular flexibility index (Phi) is 3.97. The largest absolute Gasteiger partial charge is 0.399 e. The Morgan fingerprint density at radius 3 is 2.74 bits per heavy atom. The fourth-order valence-corrected chi connectivity index (χ4v) is 1.93. The minimum atomic E-state index is -0.245. The molecular formula is C12H12Cl2N4O. The van der Waals surface area contributed by atoms with Crippen LogP contribution in [0.25, 0.3) is 0 Å². The molecule has 1 aromatic heterocycles. The van der Waals surface area contributed by atoms with E-state index in [1.54, 1.807) is 31.3 Å². The van der Waals surface area contributed by atoms with E-state index in [0.29, 0.717) is 27.1 Å². The smallest absolute Gasteiger partial charge is 0.246 e. The first-order valence-electron chi connectivity index (χ1n) is 5.50. The highest BCUT2D eigenvalue weighted by atomic mass is 35.5. The Bertz CT molecular complexity index is 605. The summed E-state index contributed by atoms with van der Waals surface area (Å²) in [7, 11) is 0. The lowest BCUT2D eigenvalue weighted by Crippen LogP contribution is -2.19. The van der Waals surface area contributed by atoms with E-state index < -0.39 is 0 Å². The molecule has 0 radical (unpaired) electrons. The first kappa shape index (κ1) is 13.7. The highest BCUT2D eigenvalue weighted by Gasteiger charge is 2.09. The number of nitrogen functional groups attached to an aromatic ring is 1. The lowest BCUT2D eigenvalue weighted by molar-refractivity contribution is -0.116. The molecule has 100 valence electrons. The molecular weight excluding hydrogens is 287 g/mol. The van der Waals surface area contributed by atoms with Gasteiger partial charge in [-0.25, -0.2) is 0 Å². The lowest BCUT2D eigenvalue weighted by atomic mass is 10.3. The van der Waals surface area contributed by atoms with E-state index in [-0.39, 0.29) is 12.5 Å². The summed E-state index contributed by atoms with van der Waals surface area (Å²) >= 11 is 11.8. The minimum Gasteiger partial charge on any atom is -0.399 e. The van der Waals surface area contributed by atoms with Crippen molar-refractivity contribution in [3.05, 3.63) is 40.1 Å². The second-order valence-corrected chi connectivity index (χ2v) is 4.86. The van der Waals surface area contributed by atoms with Gasteiger partial charge in [-0.1, -0.05) is 23.2 Å². The zero-order chi connectivity index (χ0) is 14.0. The highest BCUT2D eigenvalue weighted by Crippen LogP contribution is 2.24. The molecule has 1 heterocycles. The molecule has 0 aliphatic carbocycles. The van der Waals surface area contributed by atoms with Crippen LogP contribution in [0.15, 0.2) is 24.4 Å². The average molecular weight is 299 g/mol. The fourth-order valence-electron chi connectivity index (χ4n) is 1.54. The molecule has 1 aromatic carbocycles. The number of anilines is 2. The summed E-state index contributed by atoms with van der Waals surface area (Å²) in [5.41, 5.74) is 7.31. The molecule has 1 amide bonds. The van der Waals surface area contributed by atoms with Crippen molar-refractivity contribution >= 4 is 40.5 Å². The van der Waals surface area contributed by atoms with Gasteiger partial charge in [-0.05, 0) is 25.1 Å². The van der Waals surface area contributed by atoms with Crippen molar-refractivity contribution in [3.63, 3.8) is 0 Å². The van der Waals surface area contributed by atoms with Crippen LogP contribution in [0.1, 0.15) is 5.69 Å². The van der Waals surface area contributed by atoms with E-state index in [0.717, 1.165) is 0 Å². The fraction of sp³-hybridized carbons (Fsp3) is 0.167. The van der Waals surface area contributed by atoms with Crippen LogP contribution in [-0.4, -0.2) is 15.7 Å². The number of benzene rings is 1. The van der Waals surface area contributed by atoms with Crippen LogP contribution in [0, 0.1) is 6.92 Å². The first-order valence-corrected chi connectivity index (χ1v) is 6.25. The molecule has 2 aromatic rings. The number of hydrogen-bond donors (Lipinski definition) is 2. The van der Waals surface area contributed by atoms with Gasteiger partial charge in [0.05, 0.1) is 21.4 Å². The SMILES string of the molecule is Cc1nn(CC(=O)Nc2ccc(N)cc2Cl)cc1Cl. The minimum absolute atomic E-state index is 0.0638. The Labute approximate surface area is 120 Å². The second kappa shape index (κ2) is 5.50. The van der Waals surface area contributed by atoms with Crippen LogP contribution < -0.4 is 11.1 Å². The van der Waals surface area contributed by atoms with E-state index in [1.807, 2.05) is 0 Å². The van der Waals surface area contributed by atoms with Crippen molar-refractivity contribution in [2.75, 3.05) is 11.1 Å². The van der Waals surface area contributed by atoms with E-state index in [9.17, 15) is 4.79 Å². The maximum atomic E-state index is 11.8. The van der Waals surface area contributed by atoms with Crippen molar-refractivity contribution in [3.8, 4) is 0 Å². The molecule has 19 heavy (non-hydrogen) atoms. The normalized spacial score (nSPS) is 10.5. The molecule has 2 rings (SSSR count). The van der Waals surface area contributed by atoms with Gasteiger partial charge in [-0.2, -0.15) is 5.10 Å². The molecule has 0 bridgehead atoms. The molecule has 0 aliphatic rings. The molecule has 7 heteroatoms. The monoisotopic (exact) mass is 298 g/mol. The molecule has 0 atom stereocenters. The average Bonchev–Trinajstić information content (AvgIpc) is 2.62. The topological polar surface area (TPSA) is 72.9 Å². The van der Waals surface area contributed by atoms with E-state index in [1.165, 1.54) is 4.68 Å². The van der Waals surface area contributed by atoms with Crippen LogP contribution in [0.4, 0.5) is 11.4 Å². The third-order valence-electron chi connectivity index (χ3n) is 2.46. The molecule has 3 N–H and O–H groups in total. The van der Waals surface area contributed by atoms with Crippen molar-refractivity contribution in [2.24, 2.45) is 0 Å². The Hall–Kier alpha value is -1.72. The Morgan fingerprint density at radius 1 is 1.42 bits per heavy atom. The number of carbonyl (C=O) groups is 1. The van der Waals surface area contributed by atoms with Gasteiger partial charge in [0, 0.05) is 11.9 Å². The Morgan fingerprint density at radius 2 is 2.16 bits per heavy atom. The van der Waals surface area contributed by atoms with Gasteiger partial charge < -0.3 is 11.1 Å². The van der Waals surface area contributed by atoms with Gasteiger partial charge in [0.1, 0.15) is 6.54 Å². The number of nitrogens with zero attached hydrogens (tertiary/aromatic N) is 2. The van der Waals surface area contributed by atoms with Crippen LogP contribution in [0.3, 0.4) is 0 Å². The van der Waals surface area contributed by atoms with Gasteiger partial charge in [0.2, 0.25) is 5.91 Å². The summed E-state index contributed by atoms with van der Waals surface area (Å²) in [6.07, 6.45) is 1.60. The van der Waals surface area contributed by atoms with Gasteiger partial charge >= 0.3 is 0 Å². The maximum absolute atomic E-state index is 11.8. The van der Waals surface area contributed by atoms with Gasteiger partial charge in [0.25, 0.3) is 0 Å². The highest BCUT2D eigenvalue weighted by molar-refractivity contribution is 6.34. The van der Waals surface area contributed by atoms with Crippen LogP contribution >= 0.6 is 23.2 Å². The zero-order valence-corrected chi connectivity index (χ0v) is 11.7. The van der Waals surface area contributed by atoms with E-state index >= 15 is 0 Å². The number of nitrogens with one attached hydrogen (secondary N) is 1. The van der Waals surface area contributed by atoms with Crippen LogP contribution in [0.2, 0.25) is 10.0 Å². The molecule has 0 spiro atoms. The number of halogens is 2. The lowest BCUT2D eigenvalue weighted by Gasteiger charge is -2.07. The van der Waals surface area contributed by atoms with Crippen molar-refractivity contribution in [1.82, 2.24) is 9.78 Å². The molecule has 5 nitrogen and oxygen atoms in total. The number of nitrogens with two attached hydrogens (primary N) is 1. The maximum Gasteiger partial charge on any atom is 0.246 e. The van der Waals surface area contributed by atoms with E-state index in [4.69, 9.17) is 28.9 Å². The number of aromatic nitrogens is 2. The summed E-state index contributed by atoms with van der Waals surface area (Å²) in [4.78, 5) is 11.8. The first-order chi connectivity index (χ1) is 8.95. The van der Waals surface area contributed by atoms with Crippen LogP contribution in [-0.2, 0) is 11.3 Å². The molecule has 0 saturated heterocycles. The number of aryl methyl sites for hydroxylation is 1. The summed E-state index contributed by atoms with van der Waals surface area (Å²) in [5.74, 6) is -0.245. The zero-order valence-electron chi connectivity index (χ0n) is 10.2.